The number of ketones is 1. The van der Waals surface area contributed by atoms with Gasteiger partial charge in [0.1, 0.15) is 30.3 Å². The Morgan fingerprint density at radius 2 is 1.70 bits per heavy atom. The Bertz CT molecular complexity index is 1230. The first kappa shape index (κ1) is 26.3. The van der Waals surface area contributed by atoms with E-state index >= 15 is 0 Å². The van der Waals surface area contributed by atoms with E-state index in [2.05, 4.69) is 42.6 Å². The molecule has 1 saturated carbocycles. The van der Waals surface area contributed by atoms with Gasteiger partial charge < -0.3 is 14.4 Å². The van der Waals surface area contributed by atoms with E-state index in [1.165, 1.54) is 0 Å². The molecule has 0 bridgehead atoms. The topological polar surface area (TPSA) is 120 Å². The van der Waals surface area contributed by atoms with Crippen LogP contribution in [0.1, 0.15) is 74.9 Å². The normalized spacial score (nSPS) is 22.3. The maximum Gasteiger partial charge on any atom is 0.225 e. The molecule has 2 aromatic rings. The van der Waals surface area contributed by atoms with Gasteiger partial charge in [-0.25, -0.2) is 9.97 Å². The van der Waals surface area contributed by atoms with Crippen LogP contribution in [0.3, 0.4) is 0 Å². The van der Waals surface area contributed by atoms with Crippen LogP contribution in [0.25, 0.3) is 0 Å². The van der Waals surface area contributed by atoms with Gasteiger partial charge in [0, 0.05) is 49.2 Å². The maximum absolute atomic E-state index is 13.2. The molecule has 1 aliphatic carbocycles. The van der Waals surface area contributed by atoms with Crippen molar-refractivity contribution in [3.8, 4) is 17.9 Å². The molecule has 2 fully saturated rings. The number of rotatable bonds is 8. The van der Waals surface area contributed by atoms with Crippen LogP contribution in [-0.2, 0) is 4.79 Å². The summed E-state index contributed by atoms with van der Waals surface area (Å²) in [5.41, 5.74) is 0.539. The summed E-state index contributed by atoms with van der Waals surface area (Å²) in [5.74, 6) is 1.68. The molecule has 0 spiro atoms. The lowest BCUT2D eigenvalue weighted by Crippen LogP contribution is -2.66. The Morgan fingerprint density at radius 3 is 2.27 bits per heavy atom. The summed E-state index contributed by atoms with van der Waals surface area (Å²) in [7, 11) is 0. The van der Waals surface area contributed by atoms with E-state index in [4.69, 9.17) is 4.74 Å². The summed E-state index contributed by atoms with van der Waals surface area (Å²) in [6, 6.07) is 8.99. The number of anilines is 1. The highest BCUT2D eigenvalue weighted by Gasteiger charge is 2.63. The molecule has 0 radical (unpaired) electrons. The Labute approximate surface area is 218 Å². The van der Waals surface area contributed by atoms with Gasteiger partial charge in [0.15, 0.2) is 5.78 Å². The predicted octanol–water partition coefficient (Wildman–Crippen LogP) is 4.73. The molecule has 0 unspecified atom stereocenters. The molecule has 1 saturated heterocycles. The van der Waals surface area contributed by atoms with Gasteiger partial charge in [-0.15, -0.1) is 0 Å². The molecule has 8 heteroatoms. The summed E-state index contributed by atoms with van der Waals surface area (Å²) in [4.78, 5) is 35.0. The third kappa shape index (κ3) is 5.06. The number of benzene rings is 1. The third-order valence-electron chi connectivity index (χ3n) is 8.31. The van der Waals surface area contributed by atoms with Crippen molar-refractivity contribution in [1.29, 1.82) is 10.5 Å². The van der Waals surface area contributed by atoms with Crippen molar-refractivity contribution >= 4 is 18.0 Å². The van der Waals surface area contributed by atoms with Crippen LogP contribution in [0, 0.1) is 45.3 Å². The summed E-state index contributed by atoms with van der Waals surface area (Å²) in [5, 5.41) is 18.5. The summed E-state index contributed by atoms with van der Waals surface area (Å²) in [6.07, 6.45) is 6.92. The van der Waals surface area contributed by atoms with Crippen LogP contribution in [-0.4, -0.2) is 41.2 Å². The minimum absolute atomic E-state index is 0.00554. The number of nitriles is 2. The highest BCUT2D eigenvalue weighted by molar-refractivity contribution is 5.96. The number of hydrogen-bond donors (Lipinski definition) is 0. The Morgan fingerprint density at radius 1 is 1.08 bits per heavy atom. The van der Waals surface area contributed by atoms with E-state index in [0.717, 1.165) is 32.2 Å². The van der Waals surface area contributed by atoms with Gasteiger partial charge >= 0.3 is 0 Å². The lowest BCUT2D eigenvalue weighted by Gasteiger charge is -2.63. The Kier molecular flexibility index (Phi) is 7.32. The number of piperidine rings is 1. The molecule has 8 nitrogen and oxygen atoms in total. The molecule has 1 aliphatic heterocycles. The Hall–Kier alpha value is -3.78. The smallest absolute Gasteiger partial charge is 0.225 e. The molecular formula is C29H33N5O3. The van der Waals surface area contributed by atoms with E-state index in [1.807, 2.05) is 12.1 Å². The zero-order chi connectivity index (χ0) is 26.8. The van der Waals surface area contributed by atoms with Crippen molar-refractivity contribution in [2.75, 3.05) is 18.0 Å². The van der Waals surface area contributed by atoms with Gasteiger partial charge in [-0.05, 0) is 42.9 Å². The van der Waals surface area contributed by atoms with E-state index in [1.54, 1.807) is 30.6 Å². The zero-order valence-corrected chi connectivity index (χ0v) is 21.9. The van der Waals surface area contributed by atoms with Crippen molar-refractivity contribution in [1.82, 2.24) is 9.97 Å². The average Bonchev–Trinajstić information content (AvgIpc) is 2.90. The van der Waals surface area contributed by atoms with Crippen molar-refractivity contribution in [3.05, 3.63) is 47.3 Å². The van der Waals surface area contributed by atoms with Gasteiger partial charge in [0.2, 0.25) is 5.95 Å². The van der Waals surface area contributed by atoms with E-state index < -0.39 is 0 Å². The molecular weight excluding hydrogens is 466 g/mol. The van der Waals surface area contributed by atoms with Crippen LogP contribution in [0.4, 0.5) is 5.95 Å². The molecule has 2 heterocycles. The summed E-state index contributed by atoms with van der Waals surface area (Å²) >= 11 is 0. The molecule has 192 valence electrons. The molecule has 4 rings (SSSR count). The highest BCUT2D eigenvalue weighted by atomic mass is 16.5. The molecule has 0 N–H and O–H groups in total. The minimum atomic E-state index is -0.285. The lowest BCUT2D eigenvalue weighted by molar-refractivity contribution is -0.196. The summed E-state index contributed by atoms with van der Waals surface area (Å²) in [6.45, 7) is 10.0. The first-order chi connectivity index (χ1) is 17.6. The van der Waals surface area contributed by atoms with Crippen LogP contribution < -0.4 is 9.64 Å². The molecule has 1 aromatic heterocycles. The van der Waals surface area contributed by atoms with E-state index in [9.17, 15) is 20.1 Å². The molecule has 0 amide bonds. The monoisotopic (exact) mass is 499 g/mol. The second-order valence-electron chi connectivity index (χ2n) is 11.4. The molecule has 0 atom stereocenters. The first-order valence-corrected chi connectivity index (χ1v) is 12.8. The predicted molar refractivity (Wildman–Crippen MR) is 138 cm³/mol. The summed E-state index contributed by atoms with van der Waals surface area (Å²) < 4.78 is 6.32. The minimum Gasteiger partial charge on any atom is -0.489 e. The molecule has 1 aromatic carbocycles. The highest BCUT2D eigenvalue weighted by Crippen LogP contribution is 2.61. The molecule has 37 heavy (non-hydrogen) atoms. The van der Waals surface area contributed by atoms with E-state index in [0.29, 0.717) is 41.6 Å². The quantitative estimate of drug-likeness (QED) is 0.378. The average molecular weight is 500 g/mol. The van der Waals surface area contributed by atoms with Crippen molar-refractivity contribution < 1.29 is 14.3 Å². The fraction of sp³-hybridized carbons (Fsp3) is 0.517. The van der Waals surface area contributed by atoms with Gasteiger partial charge in [-0.3, -0.25) is 4.79 Å². The number of hydrogen-bond acceptors (Lipinski definition) is 8. The van der Waals surface area contributed by atoms with Crippen LogP contribution in [0.15, 0.2) is 30.6 Å². The van der Waals surface area contributed by atoms with Crippen molar-refractivity contribution in [3.63, 3.8) is 0 Å². The van der Waals surface area contributed by atoms with Gasteiger partial charge in [-0.1, -0.05) is 27.7 Å². The van der Waals surface area contributed by atoms with Gasteiger partial charge in [0.05, 0.1) is 16.7 Å². The number of aldehydes is 1. The number of carbonyl (C=O) groups excluding carboxylic acids is 2. The number of aromatic nitrogens is 2. The number of carbonyl (C=O) groups is 2. The zero-order valence-electron chi connectivity index (χ0n) is 21.9. The van der Waals surface area contributed by atoms with Crippen LogP contribution in [0.5, 0.6) is 5.75 Å². The third-order valence-corrected chi connectivity index (χ3v) is 8.31. The lowest BCUT2D eigenvalue weighted by atomic mass is 9.44. The van der Waals surface area contributed by atoms with Gasteiger partial charge in [0.25, 0.3) is 0 Å². The van der Waals surface area contributed by atoms with Crippen LogP contribution >= 0.6 is 0 Å². The van der Waals surface area contributed by atoms with Crippen molar-refractivity contribution in [2.45, 2.75) is 59.5 Å². The van der Waals surface area contributed by atoms with E-state index in [-0.39, 0.29) is 34.2 Å². The molecule has 2 aliphatic rings. The van der Waals surface area contributed by atoms with Crippen LogP contribution in [0.2, 0.25) is 0 Å². The Balaban J connectivity index is 1.40. The van der Waals surface area contributed by atoms with Crippen molar-refractivity contribution in [2.24, 2.45) is 22.7 Å². The SMILES string of the molecule is CC1(C)C(CC(=O)c2cnc(N3CCC(CC=O)CC3)nc2)C(C)(C)C1Oc1ccc(C#N)c(C#N)c1. The standard InChI is InChI=1S/C29H33N5O3/c1-28(2)25(29(3,4)26(28)37-23-6-5-20(15-30)21(13-23)16-31)14-24(36)22-17-32-27(33-18-22)34-10-7-19(8-11-34)9-12-35/h5-6,12-13,17-19,25-26H,7-11,14H2,1-4H3. The fourth-order valence-corrected chi connectivity index (χ4v) is 6.38. The first-order valence-electron chi connectivity index (χ1n) is 12.8. The maximum atomic E-state index is 13.2. The second-order valence-corrected chi connectivity index (χ2v) is 11.4. The fourth-order valence-electron chi connectivity index (χ4n) is 6.38. The van der Waals surface area contributed by atoms with Gasteiger partial charge in [-0.2, -0.15) is 10.5 Å². The largest absolute Gasteiger partial charge is 0.489 e. The second kappa shape index (κ2) is 10.3. The number of nitrogens with zero attached hydrogens (tertiary/aromatic N) is 5. The number of Topliss-reactive ketones (excluding diaryl/α,β-unsaturated/α-hetero) is 1. The number of ether oxygens (including phenoxy) is 1.